The molecule has 0 aliphatic heterocycles. The smallest absolute Gasteiger partial charge is 0.136 e. The molecule has 0 spiro atoms. The summed E-state index contributed by atoms with van der Waals surface area (Å²) in [5.74, 6) is 0. The Morgan fingerprint density at radius 3 is 1.77 bits per heavy atom. The Morgan fingerprint density at radius 1 is 0.442 bits per heavy atom. The topological polar surface area (TPSA) is 13.1 Å². The lowest BCUT2D eigenvalue weighted by Crippen LogP contribution is -2.14. The van der Waals surface area contributed by atoms with Crippen molar-refractivity contribution in [2.24, 2.45) is 0 Å². The summed E-state index contributed by atoms with van der Waals surface area (Å²) in [7, 11) is 0. The van der Waals surface area contributed by atoms with Crippen LogP contribution in [0.3, 0.4) is 0 Å². The highest BCUT2D eigenvalue weighted by Crippen LogP contribution is 2.50. The fourth-order valence-electron chi connectivity index (χ4n) is 8.62. The van der Waals surface area contributed by atoms with E-state index in [1.807, 2.05) is 72.8 Å². The van der Waals surface area contributed by atoms with E-state index in [0.717, 1.165) is 32.7 Å². The minimum absolute atomic E-state index is 0.176. The number of hydrogen-bond donors (Lipinski definition) is 0. The van der Waals surface area contributed by atoms with Gasteiger partial charge in [0.1, 0.15) is 11.2 Å². The fraction of sp³-hybridized carbons (Fsp3) is 0.0588. The van der Waals surface area contributed by atoms with E-state index in [0.29, 0.717) is 33.4 Å². The van der Waals surface area contributed by atoms with Gasteiger partial charge in [-0.05, 0) is 112 Å². The SMILES string of the molecule is [2H]c1c([2H])c([2H])c2c(-c3ccc4oc5ccc6ccccc6c5c4c3)c3c([2H])c([2H])c([2H])c([2H])c3c(-c3ccc(-c4ccc5c(c4)C(C)(C)c4ccccc4-5)cc3)c2c1[2H]. The standard InChI is InChI=1S/C51H34O/c1-51(2)44-18-10-9-13-37(44)38-26-23-34(30-45(38)51)31-19-21-33(22-20-31)48-39-14-5-7-16-41(39)49(42-17-8-6-15-40(42)48)35-25-27-46-43(29-35)50-36-12-4-3-11-32(36)24-28-47(50)52-46/h3-30H,1-2H3/i5D,6D,7D,8D,14D,15D,16D,17D. The van der Waals surface area contributed by atoms with Crippen LogP contribution in [0.25, 0.3) is 98.8 Å². The van der Waals surface area contributed by atoms with Crippen LogP contribution in [0.5, 0.6) is 0 Å². The van der Waals surface area contributed by atoms with Crippen molar-refractivity contribution >= 4 is 54.3 Å². The number of fused-ring (bicyclic) bond motifs is 10. The summed E-state index contributed by atoms with van der Waals surface area (Å²) in [5.41, 5.74) is 9.78. The van der Waals surface area contributed by atoms with Crippen molar-refractivity contribution in [2.75, 3.05) is 0 Å². The Hall–Kier alpha value is -6.44. The van der Waals surface area contributed by atoms with Crippen LogP contribution >= 0.6 is 0 Å². The largest absolute Gasteiger partial charge is 0.456 e. The Bertz CT molecular complexity index is 3470. The molecule has 1 nitrogen and oxygen atoms in total. The molecule has 11 rings (SSSR count). The third kappa shape index (κ3) is 4.11. The second-order valence-electron chi connectivity index (χ2n) is 14.2. The Morgan fingerprint density at radius 2 is 1.02 bits per heavy atom. The van der Waals surface area contributed by atoms with E-state index in [2.05, 4.69) is 56.3 Å². The van der Waals surface area contributed by atoms with Crippen molar-refractivity contribution in [1.82, 2.24) is 0 Å². The molecular weight excluding hydrogens is 629 g/mol. The summed E-state index contributed by atoms with van der Waals surface area (Å²) in [6.45, 7) is 4.48. The van der Waals surface area contributed by atoms with Gasteiger partial charge in [-0.2, -0.15) is 0 Å². The van der Waals surface area contributed by atoms with Crippen molar-refractivity contribution in [3.63, 3.8) is 0 Å². The van der Waals surface area contributed by atoms with Crippen LogP contribution in [-0.4, -0.2) is 0 Å². The Balaban J connectivity index is 1.20. The normalized spacial score (nSPS) is 15.5. The van der Waals surface area contributed by atoms with Crippen LogP contribution in [0.4, 0.5) is 0 Å². The number of furan rings is 1. The summed E-state index contributed by atoms with van der Waals surface area (Å²) in [4.78, 5) is 0. The molecule has 9 aromatic carbocycles. The van der Waals surface area contributed by atoms with Crippen LogP contribution in [0, 0.1) is 0 Å². The molecule has 0 N–H and O–H groups in total. The first-order valence-corrected chi connectivity index (χ1v) is 17.5. The second-order valence-corrected chi connectivity index (χ2v) is 14.2. The first-order valence-electron chi connectivity index (χ1n) is 21.5. The van der Waals surface area contributed by atoms with Gasteiger partial charge in [0.15, 0.2) is 0 Å². The number of hydrogen-bond acceptors (Lipinski definition) is 1. The van der Waals surface area contributed by atoms with Crippen LogP contribution in [0.2, 0.25) is 0 Å². The molecule has 0 atom stereocenters. The van der Waals surface area contributed by atoms with E-state index in [4.69, 9.17) is 9.90 Å². The second kappa shape index (κ2) is 10.8. The van der Waals surface area contributed by atoms with Crippen LogP contribution in [0.15, 0.2) is 174 Å². The maximum absolute atomic E-state index is 9.43. The molecule has 1 aliphatic rings. The van der Waals surface area contributed by atoms with Gasteiger partial charge >= 0.3 is 0 Å². The van der Waals surface area contributed by atoms with Crippen molar-refractivity contribution in [1.29, 1.82) is 0 Å². The molecule has 0 bridgehead atoms. The zero-order valence-electron chi connectivity index (χ0n) is 36.5. The van der Waals surface area contributed by atoms with Crippen LogP contribution in [0.1, 0.15) is 35.9 Å². The van der Waals surface area contributed by atoms with E-state index in [-0.39, 0.29) is 51.1 Å². The van der Waals surface area contributed by atoms with Crippen molar-refractivity contribution in [3.8, 4) is 44.5 Å². The van der Waals surface area contributed by atoms with Gasteiger partial charge in [-0.15, -0.1) is 0 Å². The average Bonchev–Trinajstić information content (AvgIpc) is 3.76. The number of rotatable bonds is 3. The zero-order chi connectivity index (χ0) is 41.5. The molecule has 0 unspecified atom stereocenters. The molecule has 1 heterocycles. The third-order valence-corrected chi connectivity index (χ3v) is 11.1. The van der Waals surface area contributed by atoms with Gasteiger partial charge in [0.05, 0.1) is 11.0 Å². The molecule has 1 heteroatoms. The first kappa shape index (κ1) is 22.4. The Kier molecular flexibility index (Phi) is 4.64. The maximum atomic E-state index is 9.43. The Labute approximate surface area is 313 Å². The minimum Gasteiger partial charge on any atom is -0.456 e. The molecule has 0 amide bonds. The summed E-state index contributed by atoms with van der Waals surface area (Å²) in [5, 5.41) is 4.39. The van der Waals surface area contributed by atoms with Gasteiger partial charge in [-0.3, -0.25) is 0 Å². The van der Waals surface area contributed by atoms with Gasteiger partial charge in [0.2, 0.25) is 0 Å². The molecule has 1 aliphatic carbocycles. The molecule has 0 fully saturated rings. The first-order chi connectivity index (χ1) is 28.9. The number of benzene rings is 9. The van der Waals surface area contributed by atoms with Gasteiger partial charge in [-0.25, -0.2) is 0 Å². The molecule has 10 aromatic rings. The van der Waals surface area contributed by atoms with Crippen molar-refractivity contribution < 1.29 is 15.4 Å². The van der Waals surface area contributed by atoms with E-state index in [1.165, 1.54) is 22.3 Å². The summed E-state index contributed by atoms with van der Waals surface area (Å²) >= 11 is 0. The summed E-state index contributed by atoms with van der Waals surface area (Å²) < 4.78 is 79.5. The highest BCUT2D eigenvalue weighted by Gasteiger charge is 2.35. The van der Waals surface area contributed by atoms with Crippen molar-refractivity contribution in [2.45, 2.75) is 19.3 Å². The molecule has 0 radical (unpaired) electrons. The van der Waals surface area contributed by atoms with E-state index >= 15 is 0 Å². The quantitative estimate of drug-likeness (QED) is 0.171. The zero-order valence-corrected chi connectivity index (χ0v) is 28.5. The van der Waals surface area contributed by atoms with E-state index < -0.39 is 24.2 Å². The van der Waals surface area contributed by atoms with Gasteiger partial charge < -0.3 is 4.42 Å². The summed E-state index contributed by atoms with van der Waals surface area (Å²) in [6.07, 6.45) is 0. The fourth-order valence-corrected chi connectivity index (χ4v) is 8.62. The molecule has 244 valence electrons. The van der Waals surface area contributed by atoms with Crippen LogP contribution in [-0.2, 0) is 5.41 Å². The lowest BCUT2D eigenvalue weighted by atomic mass is 9.81. The molecule has 0 saturated heterocycles. The highest BCUT2D eigenvalue weighted by atomic mass is 16.3. The molecule has 1 aromatic heterocycles. The molecular formula is C51H34O. The highest BCUT2D eigenvalue weighted by molar-refractivity contribution is 6.23. The molecule has 52 heavy (non-hydrogen) atoms. The lowest BCUT2D eigenvalue weighted by molar-refractivity contribution is 0.660. The maximum Gasteiger partial charge on any atom is 0.136 e. The summed E-state index contributed by atoms with van der Waals surface area (Å²) in [6, 6.07) is 37.3. The predicted octanol–water partition coefficient (Wildman–Crippen LogP) is 14.4. The third-order valence-electron chi connectivity index (χ3n) is 11.1. The van der Waals surface area contributed by atoms with E-state index in [9.17, 15) is 5.48 Å². The molecule has 0 saturated carbocycles. The average molecular weight is 671 g/mol. The minimum atomic E-state index is -0.433. The monoisotopic (exact) mass is 670 g/mol. The van der Waals surface area contributed by atoms with Gasteiger partial charge in [0.25, 0.3) is 0 Å². The predicted molar refractivity (Wildman–Crippen MR) is 220 cm³/mol. The van der Waals surface area contributed by atoms with E-state index in [1.54, 1.807) is 6.07 Å². The lowest BCUT2D eigenvalue weighted by Gasteiger charge is -2.22. The van der Waals surface area contributed by atoms with Crippen molar-refractivity contribution in [3.05, 3.63) is 181 Å². The van der Waals surface area contributed by atoms with Gasteiger partial charge in [-0.1, -0.05) is 159 Å². The van der Waals surface area contributed by atoms with Gasteiger partial charge in [0, 0.05) is 16.2 Å². The van der Waals surface area contributed by atoms with Crippen LogP contribution < -0.4 is 0 Å².